The van der Waals surface area contributed by atoms with Crippen LogP contribution in [0.25, 0.3) is 11.2 Å². The minimum atomic E-state index is -0.514. The molecule has 0 saturated carbocycles. The van der Waals surface area contributed by atoms with Crippen molar-refractivity contribution in [2.75, 3.05) is 5.32 Å². The smallest absolute Gasteiger partial charge is 0.329 e. The maximum atomic E-state index is 12.2. The lowest BCUT2D eigenvalue weighted by molar-refractivity contribution is 0.689. The second kappa shape index (κ2) is 6.42. The molecule has 0 amide bonds. The van der Waals surface area contributed by atoms with Gasteiger partial charge in [-0.25, -0.2) is 9.78 Å². The molecule has 0 bridgehead atoms. The van der Waals surface area contributed by atoms with Crippen molar-refractivity contribution in [3.05, 3.63) is 57.0 Å². The van der Waals surface area contributed by atoms with Gasteiger partial charge in [-0.05, 0) is 12.1 Å². The number of imidazole rings is 1. The van der Waals surface area contributed by atoms with E-state index in [1.165, 1.54) is 4.57 Å². The molecule has 0 saturated heterocycles. The van der Waals surface area contributed by atoms with Gasteiger partial charge in [-0.1, -0.05) is 18.2 Å². The van der Waals surface area contributed by atoms with E-state index < -0.39 is 11.2 Å². The molecule has 24 heavy (non-hydrogen) atoms. The Morgan fingerprint density at radius 1 is 1.29 bits per heavy atom. The first-order valence-electron chi connectivity index (χ1n) is 7.46. The molecule has 0 aliphatic heterocycles. The van der Waals surface area contributed by atoms with Gasteiger partial charge < -0.3 is 9.88 Å². The number of H-pyrrole nitrogens is 1. The largest absolute Gasteiger partial charge is 0.378 e. The Bertz CT molecular complexity index is 1020. The van der Waals surface area contributed by atoms with Gasteiger partial charge in [0, 0.05) is 19.3 Å². The number of anilines is 1. The summed E-state index contributed by atoms with van der Waals surface area (Å²) in [5.41, 5.74) is 0.521. The molecule has 122 valence electrons. The quantitative estimate of drug-likeness (QED) is 0.726. The standard InChI is InChI=1S/C16H16N6O2/c1-21-14-13(15(23)20-16(21)24)22(9-5-8-17)12(19-14)10-18-11-6-3-2-4-7-11/h2-4,6-7,18H,5,9-10H2,1H3,(H,20,23,24). The summed E-state index contributed by atoms with van der Waals surface area (Å²) in [6.45, 7) is 0.706. The number of hydrogen-bond donors (Lipinski definition) is 2. The van der Waals surface area contributed by atoms with E-state index in [0.29, 0.717) is 30.1 Å². The van der Waals surface area contributed by atoms with Gasteiger partial charge >= 0.3 is 5.69 Å². The highest BCUT2D eigenvalue weighted by molar-refractivity contribution is 5.71. The van der Waals surface area contributed by atoms with Gasteiger partial charge in [-0.15, -0.1) is 0 Å². The number of nitrogens with one attached hydrogen (secondary N) is 2. The highest BCUT2D eigenvalue weighted by atomic mass is 16.2. The first-order chi connectivity index (χ1) is 11.6. The lowest BCUT2D eigenvalue weighted by Crippen LogP contribution is -2.29. The Labute approximate surface area is 137 Å². The second-order valence-corrected chi connectivity index (χ2v) is 5.30. The van der Waals surface area contributed by atoms with Crippen LogP contribution in [0.2, 0.25) is 0 Å². The van der Waals surface area contributed by atoms with Crippen molar-refractivity contribution >= 4 is 16.9 Å². The number of para-hydroxylation sites is 1. The van der Waals surface area contributed by atoms with Crippen LogP contribution in [0.5, 0.6) is 0 Å². The predicted octanol–water partition coefficient (Wildman–Crippen LogP) is 0.949. The van der Waals surface area contributed by atoms with Crippen LogP contribution in [0.3, 0.4) is 0 Å². The molecule has 3 rings (SSSR count). The van der Waals surface area contributed by atoms with Crippen LogP contribution < -0.4 is 16.6 Å². The van der Waals surface area contributed by atoms with E-state index in [4.69, 9.17) is 5.26 Å². The Morgan fingerprint density at radius 3 is 2.75 bits per heavy atom. The Hall–Kier alpha value is -3.34. The lowest BCUT2D eigenvalue weighted by Gasteiger charge is -2.08. The summed E-state index contributed by atoms with van der Waals surface area (Å²) in [6, 6.07) is 11.7. The average Bonchev–Trinajstić information content (AvgIpc) is 2.96. The molecule has 0 aliphatic rings. The molecule has 8 nitrogen and oxygen atoms in total. The van der Waals surface area contributed by atoms with Crippen molar-refractivity contribution in [3.63, 3.8) is 0 Å². The summed E-state index contributed by atoms with van der Waals surface area (Å²) in [6.07, 6.45) is 0.242. The van der Waals surface area contributed by atoms with Crippen LogP contribution in [0.15, 0.2) is 39.9 Å². The van der Waals surface area contributed by atoms with Crippen LogP contribution in [0, 0.1) is 11.3 Å². The molecule has 1 aromatic carbocycles. The van der Waals surface area contributed by atoms with E-state index in [2.05, 4.69) is 21.4 Å². The minimum Gasteiger partial charge on any atom is -0.378 e. The van der Waals surface area contributed by atoms with Crippen LogP contribution >= 0.6 is 0 Å². The minimum absolute atomic E-state index is 0.242. The van der Waals surface area contributed by atoms with Gasteiger partial charge in [-0.2, -0.15) is 5.26 Å². The number of nitriles is 1. The Kier molecular flexibility index (Phi) is 4.16. The molecule has 2 heterocycles. The third-order valence-corrected chi connectivity index (χ3v) is 3.76. The van der Waals surface area contributed by atoms with Crippen molar-refractivity contribution in [2.24, 2.45) is 7.05 Å². The van der Waals surface area contributed by atoms with E-state index in [1.807, 2.05) is 30.3 Å². The molecule has 0 fully saturated rings. The summed E-state index contributed by atoms with van der Waals surface area (Å²) >= 11 is 0. The monoisotopic (exact) mass is 324 g/mol. The molecule has 0 spiro atoms. The van der Waals surface area contributed by atoms with Gasteiger partial charge in [0.25, 0.3) is 5.56 Å². The van der Waals surface area contributed by atoms with Crippen molar-refractivity contribution in [1.82, 2.24) is 19.1 Å². The predicted molar refractivity (Wildman–Crippen MR) is 89.6 cm³/mol. The van der Waals surface area contributed by atoms with Gasteiger partial charge in [-0.3, -0.25) is 14.3 Å². The number of aryl methyl sites for hydroxylation is 2. The number of aromatic amines is 1. The molecular weight excluding hydrogens is 308 g/mol. The molecule has 2 aromatic heterocycles. The van der Waals surface area contributed by atoms with E-state index in [9.17, 15) is 9.59 Å². The van der Waals surface area contributed by atoms with E-state index >= 15 is 0 Å². The summed E-state index contributed by atoms with van der Waals surface area (Å²) in [7, 11) is 1.55. The highest BCUT2D eigenvalue weighted by Crippen LogP contribution is 2.14. The number of nitrogens with zero attached hydrogens (tertiary/aromatic N) is 4. The van der Waals surface area contributed by atoms with Crippen LogP contribution in [-0.4, -0.2) is 19.1 Å². The fourth-order valence-electron chi connectivity index (χ4n) is 2.55. The zero-order valence-electron chi connectivity index (χ0n) is 13.1. The highest BCUT2D eigenvalue weighted by Gasteiger charge is 2.16. The number of fused-ring (bicyclic) bond motifs is 1. The summed E-state index contributed by atoms with van der Waals surface area (Å²) < 4.78 is 2.98. The van der Waals surface area contributed by atoms with Gasteiger partial charge in [0.05, 0.1) is 19.0 Å². The average molecular weight is 324 g/mol. The second-order valence-electron chi connectivity index (χ2n) is 5.30. The Balaban J connectivity index is 2.07. The zero-order valence-corrected chi connectivity index (χ0v) is 13.1. The zero-order chi connectivity index (χ0) is 17.1. The van der Waals surface area contributed by atoms with Crippen molar-refractivity contribution in [3.8, 4) is 6.07 Å². The fourth-order valence-corrected chi connectivity index (χ4v) is 2.55. The maximum absolute atomic E-state index is 12.2. The third kappa shape index (κ3) is 2.79. The molecule has 2 N–H and O–H groups in total. The number of aromatic nitrogens is 4. The summed E-state index contributed by atoms with van der Waals surface area (Å²) in [5, 5.41) is 12.1. The first-order valence-corrected chi connectivity index (χ1v) is 7.46. The topological polar surface area (TPSA) is 108 Å². The normalized spacial score (nSPS) is 10.7. The molecule has 0 atom stereocenters. The van der Waals surface area contributed by atoms with Crippen molar-refractivity contribution < 1.29 is 0 Å². The third-order valence-electron chi connectivity index (χ3n) is 3.76. The molecule has 3 aromatic rings. The van der Waals surface area contributed by atoms with Crippen molar-refractivity contribution in [2.45, 2.75) is 19.5 Å². The summed E-state index contributed by atoms with van der Waals surface area (Å²) in [4.78, 5) is 30.7. The van der Waals surface area contributed by atoms with Gasteiger partial charge in [0.1, 0.15) is 5.82 Å². The molecule has 0 aliphatic carbocycles. The van der Waals surface area contributed by atoms with Crippen LogP contribution in [0.1, 0.15) is 12.2 Å². The van der Waals surface area contributed by atoms with E-state index in [-0.39, 0.29) is 6.42 Å². The van der Waals surface area contributed by atoms with E-state index in [1.54, 1.807) is 11.6 Å². The number of rotatable bonds is 5. The van der Waals surface area contributed by atoms with Gasteiger partial charge in [0.2, 0.25) is 0 Å². The first kappa shape index (κ1) is 15.6. The van der Waals surface area contributed by atoms with Crippen LogP contribution in [0.4, 0.5) is 5.69 Å². The maximum Gasteiger partial charge on any atom is 0.329 e. The molecule has 0 radical (unpaired) electrons. The lowest BCUT2D eigenvalue weighted by atomic mass is 10.3. The summed E-state index contributed by atoms with van der Waals surface area (Å²) in [5.74, 6) is 0.593. The van der Waals surface area contributed by atoms with Crippen molar-refractivity contribution in [1.29, 1.82) is 5.26 Å². The number of hydrogen-bond acceptors (Lipinski definition) is 5. The fraction of sp³-hybridized carbons (Fsp3) is 0.250. The molecular formula is C16H16N6O2. The van der Waals surface area contributed by atoms with E-state index in [0.717, 1.165) is 5.69 Å². The number of benzene rings is 1. The molecule has 8 heteroatoms. The Morgan fingerprint density at radius 2 is 2.04 bits per heavy atom. The SMILES string of the molecule is Cn1c(=O)[nH]c(=O)c2c1nc(CNc1ccccc1)n2CCC#N. The van der Waals surface area contributed by atoms with Gasteiger partial charge in [0.15, 0.2) is 11.2 Å². The van der Waals surface area contributed by atoms with Crippen LogP contribution in [-0.2, 0) is 20.1 Å². The molecule has 0 unspecified atom stereocenters.